The van der Waals surface area contributed by atoms with Crippen molar-refractivity contribution in [2.24, 2.45) is 5.41 Å². The van der Waals surface area contributed by atoms with Gasteiger partial charge in [-0.1, -0.05) is 27.7 Å². The minimum absolute atomic E-state index is 0.0683. The minimum Gasteiger partial charge on any atom is -0.341 e. The molecular formula is C13H26N2O. The van der Waals surface area contributed by atoms with E-state index in [-0.39, 0.29) is 6.04 Å². The van der Waals surface area contributed by atoms with Crippen molar-refractivity contribution in [1.82, 2.24) is 10.2 Å². The summed E-state index contributed by atoms with van der Waals surface area (Å²) in [5.41, 5.74) is 0.311. The normalized spacial score (nSPS) is 22.6. The van der Waals surface area contributed by atoms with Gasteiger partial charge in [-0.15, -0.1) is 0 Å². The number of amides is 1. The number of carbonyl (C=O) groups excluding carboxylic acids is 1. The number of hydrogen-bond acceptors (Lipinski definition) is 2. The van der Waals surface area contributed by atoms with Crippen LogP contribution in [0.25, 0.3) is 0 Å². The van der Waals surface area contributed by atoms with E-state index in [0.717, 1.165) is 38.9 Å². The number of nitrogens with zero attached hydrogens (tertiary/aromatic N) is 1. The molecule has 1 amide bonds. The number of hydrogen-bond donors (Lipinski definition) is 1. The van der Waals surface area contributed by atoms with Crippen molar-refractivity contribution in [1.29, 1.82) is 0 Å². The smallest absolute Gasteiger partial charge is 0.239 e. The van der Waals surface area contributed by atoms with Crippen LogP contribution in [0.4, 0.5) is 0 Å². The Hall–Kier alpha value is -0.570. The monoisotopic (exact) mass is 226 g/mol. The fraction of sp³-hybridized carbons (Fsp3) is 0.923. The van der Waals surface area contributed by atoms with Crippen LogP contribution >= 0.6 is 0 Å². The molecule has 0 bridgehead atoms. The quantitative estimate of drug-likeness (QED) is 0.795. The SMILES string of the molecule is CCNC1CCCN(CCC(C)(C)C)C1=O. The van der Waals surface area contributed by atoms with Gasteiger partial charge in [0.05, 0.1) is 6.04 Å². The zero-order valence-electron chi connectivity index (χ0n) is 11.2. The van der Waals surface area contributed by atoms with Gasteiger partial charge in [-0.3, -0.25) is 4.79 Å². The first-order valence-corrected chi connectivity index (χ1v) is 6.46. The number of likely N-dealkylation sites (N-methyl/N-ethyl adjacent to an activating group) is 1. The first-order chi connectivity index (χ1) is 7.44. The first kappa shape index (κ1) is 13.5. The topological polar surface area (TPSA) is 32.3 Å². The molecule has 1 unspecified atom stereocenters. The highest BCUT2D eigenvalue weighted by Crippen LogP contribution is 2.20. The fourth-order valence-corrected chi connectivity index (χ4v) is 2.07. The van der Waals surface area contributed by atoms with Crippen LogP contribution in [0.1, 0.15) is 47.0 Å². The molecule has 3 nitrogen and oxygen atoms in total. The Balaban J connectivity index is 2.44. The maximum absolute atomic E-state index is 12.1. The second-order valence-corrected chi connectivity index (χ2v) is 5.89. The summed E-state index contributed by atoms with van der Waals surface area (Å²) in [4.78, 5) is 14.1. The van der Waals surface area contributed by atoms with Gasteiger partial charge in [0.2, 0.25) is 5.91 Å². The molecule has 3 heteroatoms. The van der Waals surface area contributed by atoms with Gasteiger partial charge in [-0.2, -0.15) is 0 Å². The summed E-state index contributed by atoms with van der Waals surface area (Å²) >= 11 is 0. The largest absolute Gasteiger partial charge is 0.341 e. The number of carbonyl (C=O) groups is 1. The van der Waals surface area contributed by atoms with Crippen molar-refractivity contribution in [3.05, 3.63) is 0 Å². The molecular weight excluding hydrogens is 200 g/mol. The van der Waals surface area contributed by atoms with E-state index in [0.29, 0.717) is 11.3 Å². The first-order valence-electron chi connectivity index (χ1n) is 6.46. The molecule has 1 N–H and O–H groups in total. The molecule has 1 heterocycles. The maximum atomic E-state index is 12.1. The third-order valence-corrected chi connectivity index (χ3v) is 3.11. The molecule has 0 saturated carbocycles. The van der Waals surface area contributed by atoms with Gasteiger partial charge in [0.25, 0.3) is 0 Å². The van der Waals surface area contributed by atoms with E-state index in [1.54, 1.807) is 0 Å². The Bertz CT molecular complexity index is 231. The van der Waals surface area contributed by atoms with Gasteiger partial charge >= 0.3 is 0 Å². The predicted octanol–water partition coefficient (Wildman–Crippen LogP) is 2.02. The van der Waals surface area contributed by atoms with E-state index in [1.807, 2.05) is 4.90 Å². The van der Waals surface area contributed by atoms with E-state index in [2.05, 4.69) is 33.0 Å². The molecule has 1 aliphatic rings. The standard InChI is InChI=1S/C13H26N2O/c1-5-14-11-7-6-9-15(12(11)16)10-8-13(2,3)4/h11,14H,5-10H2,1-4H3. The number of nitrogens with one attached hydrogen (secondary N) is 1. The van der Waals surface area contributed by atoms with Crippen LogP contribution in [0.5, 0.6) is 0 Å². The lowest BCUT2D eigenvalue weighted by atomic mass is 9.91. The van der Waals surface area contributed by atoms with E-state index < -0.39 is 0 Å². The van der Waals surface area contributed by atoms with Crippen molar-refractivity contribution >= 4 is 5.91 Å². The number of rotatable bonds is 4. The van der Waals surface area contributed by atoms with Crippen LogP contribution in [0, 0.1) is 5.41 Å². The van der Waals surface area contributed by atoms with Gasteiger partial charge in [-0.05, 0) is 31.2 Å². The number of piperidine rings is 1. The average Bonchev–Trinajstić information content (AvgIpc) is 2.18. The van der Waals surface area contributed by atoms with Crippen LogP contribution in [0.3, 0.4) is 0 Å². The molecule has 94 valence electrons. The highest BCUT2D eigenvalue weighted by atomic mass is 16.2. The summed E-state index contributed by atoms with van der Waals surface area (Å²) in [5, 5.41) is 3.27. The van der Waals surface area contributed by atoms with Gasteiger partial charge < -0.3 is 10.2 Å². The molecule has 1 atom stereocenters. The number of likely N-dealkylation sites (tertiary alicyclic amines) is 1. The third kappa shape index (κ3) is 4.12. The summed E-state index contributed by atoms with van der Waals surface area (Å²) in [6, 6.07) is 0.0683. The lowest BCUT2D eigenvalue weighted by Gasteiger charge is -2.34. The lowest BCUT2D eigenvalue weighted by molar-refractivity contribution is -0.136. The summed E-state index contributed by atoms with van der Waals surface area (Å²) in [6.45, 7) is 11.5. The van der Waals surface area contributed by atoms with E-state index >= 15 is 0 Å². The molecule has 1 rings (SSSR count). The molecule has 16 heavy (non-hydrogen) atoms. The Kier molecular flexibility index (Phi) is 4.78. The van der Waals surface area contributed by atoms with Crippen molar-refractivity contribution in [2.75, 3.05) is 19.6 Å². The zero-order chi connectivity index (χ0) is 12.2. The van der Waals surface area contributed by atoms with Crippen LogP contribution < -0.4 is 5.32 Å². The second-order valence-electron chi connectivity index (χ2n) is 5.89. The van der Waals surface area contributed by atoms with Crippen molar-refractivity contribution in [3.63, 3.8) is 0 Å². The van der Waals surface area contributed by atoms with Crippen LogP contribution in [-0.2, 0) is 4.79 Å². The highest BCUT2D eigenvalue weighted by molar-refractivity contribution is 5.82. The summed E-state index contributed by atoms with van der Waals surface area (Å²) in [6.07, 6.45) is 3.21. The Morgan fingerprint density at radius 1 is 1.44 bits per heavy atom. The van der Waals surface area contributed by atoms with Gasteiger partial charge in [0.1, 0.15) is 0 Å². The molecule has 0 aliphatic carbocycles. The summed E-state index contributed by atoms with van der Waals surface area (Å²) in [7, 11) is 0. The van der Waals surface area contributed by atoms with Crippen LogP contribution in [0.2, 0.25) is 0 Å². The van der Waals surface area contributed by atoms with Crippen molar-refractivity contribution in [3.8, 4) is 0 Å². The highest BCUT2D eigenvalue weighted by Gasteiger charge is 2.28. The predicted molar refractivity (Wildman–Crippen MR) is 67.4 cm³/mol. The Morgan fingerprint density at radius 2 is 2.12 bits per heavy atom. The maximum Gasteiger partial charge on any atom is 0.239 e. The second kappa shape index (κ2) is 5.67. The fourth-order valence-electron chi connectivity index (χ4n) is 2.07. The van der Waals surface area contributed by atoms with E-state index in [4.69, 9.17) is 0 Å². The van der Waals surface area contributed by atoms with E-state index in [9.17, 15) is 4.79 Å². The molecule has 1 saturated heterocycles. The minimum atomic E-state index is 0.0683. The summed E-state index contributed by atoms with van der Waals surface area (Å²) < 4.78 is 0. The van der Waals surface area contributed by atoms with Gasteiger partial charge in [0.15, 0.2) is 0 Å². The lowest BCUT2D eigenvalue weighted by Crippen LogP contribution is -2.51. The molecule has 1 aliphatic heterocycles. The molecule has 0 aromatic heterocycles. The Labute approximate surface area is 99.6 Å². The van der Waals surface area contributed by atoms with Crippen LogP contribution in [0.15, 0.2) is 0 Å². The Morgan fingerprint density at radius 3 is 2.69 bits per heavy atom. The molecule has 0 aromatic rings. The van der Waals surface area contributed by atoms with Gasteiger partial charge in [-0.25, -0.2) is 0 Å². The zero-order valence-corrected chi connectivity index (χ0v) is 11.2. The molecule has 0 spiro atoms. The average molecular weight is 226 g/mol. The van der Waals surface area contributed by atoms with Crippen molar-refractivity contribution < 1.29 is 4.79 Å². The molecule has 1 fully saturated rings. The van der Waals surface area contributed by atoms with E-state index in [1.165, 1.54) is 0 Å². The van der Waals surface area contributed by atoms with Crippen molar-refractivity contribution in [2.45, 2.75) is 53.0 Å². The molecule has 0 radical (unpaired) electrons. The van der Waals surface area contributed by atoms with Crippen LogP contribution in [-0.4, -0.2) is 36.5 Å². The van der Waals surface area contributed by atoms with Gasteiger partial charge in [0, 0.05) is 13.1 Å². The summed E-state index contributed by atoms with van der Waals surface area (Å²) in [5.74, 6) is 0.303. The molecule has 0 aromatic carbocycles. The third-order valence-electron chi connectivity index (χ3n) is 3.11.